The van der Waals surface area contributed by atoms with E-state index >= 15 is 0 Å². The largest absolute Gasteiger partial charge is 0.343 e. The molecule has 2 N–H and O–H groups in total. The van der Waals surface area contributed by atoms with Crippen molar-refractivity contribution in [3.8, 4) is 0 Å². The molecule has 0 aromatic heterocycles. The van der Waals surface area contributed by atoms with E-state index in [1.54, 1.807) is 0 Å². The predicted octanol–water partition coefficient (Wildman–Crippen LogP) is 2.01. The van der Waals surface area contributed by atoms with Crippen LogP contribution in [-0.4, -0.2) is 19.3 Å². The zero-order valence-corrected chi connectivity index (χ0v) is 9.69. The molecule has 0 spiro atoms. The van der Waals surface area contributed by atoms with Gasteiger partial charge in [0.25, 0.3) is 0 Å². The molecule has 1 aromatic rings. The molecule has 1 aliphatic heterocycles. The average Bonchev–Trinajstić information content (AvgIpc) is 2.76. The van der Waals surface area contributed by atoms with Gasteiger partial charge in [-0.15, -0.1) is 0 Å². The average molecular weight is 221 g/mol. The van der Waals surface area contributed by atoms with Crippen LogP contribution in [0.5, 0.6) is 0 Å². The van der Waals surface area contributed by atoms with Crippen molar-refractivity contribution < 1.29 is 9.47 Å². The van der Waals surface area contributed by atoms with Gasteiger partial charge in [0, 0.05) is 18.5 Å². The Morgan fingerprint density at radius 2 is 2.12 bits per heavy atom. The van der Waals surface area contributed by atoms with Crippen LogP contribution in [0.3, 0.4) is 0 Å². The van der Waals surface area contributed by atoms with Crippen molar-refractivity contribution in [2.24, 2.45) is 5.73 Å². The lowest BCUT2D eigenvalue weighted by Gasteiger charge is -2.28. The monoisotopic (exact) mass is 221 g/mol. The molecule has 0 bridgehead atoms. The van der Waals surface area contributed by atoms with Crippen LogP contribution in [0, 0.1) is 0 Å². The molecule has 3 heteroatoms. The molecular formula is C13H19NO2. The molecule has 3 nitrogen and oxygen atoms in total. The molecule has 1 fully saturated rings. The second kappa shape index (κ2) is 4.95. The fourth-order valence-electron chi connectivity index (χ4n) is 2.13. The Bertz CT molecular complexity index is 328. The predicted molar refractivity (Wildman–Crippen MR) is 62.9 cm³/mol. The molecular weight excluding hydrogens is 202 g/mol. The van der Waals surface area contributed by atoms with Crippen molar-refractivity contribution in [2.45, 2.75) is 31.7 Å². The van der Waals surface area contributed by atoms with Crippen molar-refractivity contribution in [3.05, 3.63) is 35.9 Å². The summed E-state index contributed by atoms with van der Waals surface area (Å²) in [6.45, 7) is 3.23. The topological polar surface area (TPSA) is 44.5 Å². The first-order valence-electron chi connectivity index (χ1n) is 5.88. The van der Waals surface area contributed by atoms with Gasteiger partial charge in [0.1, 0.15) is 0 Å². The van der Waals surface area contributed by atoms with Gasteiger partial charge in [-0.1, -0.05) is 43.7 Å². The summed E-state index contributed by atoms with van der Waals surface area (Å²) in [5.74, 6) is -0.569. The normalized spacial score (nSPS) is 29.5. The van der Waals surface area contributed by atoms with E-state index in [0.29, 0.717) is 13.2 Å². The van der Waals surface area contributed by atoms with Crippen LogP contribution in [0.25, 0.3) is 0 Å². The van der Waals surface area contributed by atoms with E-state index in [1.165, 1.54) is 0 Å². The maximum absolute atomic E-state index is 5.98. The molecule has 2 unspecified atom stereocenters. The molecule has 1 aliphatic rings. The van der Waals surface area contributed by atoms with Gasteiger partial charge in [-0.25, -0.2) is 0 Å². The van der Waals surface area contributed by atoms with E-state index in [1.807, 2.05) is 18.2 Å². The Hall–Kier alpha value is -0.900. The van der Waals surface area contributed by atoms with Gasteiger partial charge < -0.3 is 15.2 Å². The van der Waals surface area contributed by atoms with Crippen LogP contribution >= 0.6 is 0 Å². The fraction of sp³-hybridized carbons (Fsp3) is 0.538. The van der Waals surface area contributed by atoms with Crippen LogP contribution in [0.1, 0.15) is 25.3 Å². The first-order chi connectivity index (χ1) is 7.80. The van der Waals surface area contributed by atoms with Crippen molar-refractivity contribution in [1.82, 2.24) is 0 Å². The van der Waals surface area contributed by atoms with E-state index < -0.39 is 5.79 Å². The van der Waals surface area contributed by atoms with Crippen LogP contribution in [0.15, 0.2) is 30.3 Å². The molecule has 2 rings (SSSR count). The lowest BCUT2D eigenvalue weighted by molar-refractivity contribution is -0.181. The molecule has 16 heavy (non-hydrogen) atoms. The molecule has 2 atom stereocenters. The lowest BCUT2D eigenvalue weighted by atomic mass is 10.0. The van der Waals surface area contributed by atoms with E-state index in [2.05, 4.69) is 19.1 Å². The Balaban J connectivity index is 2.23. The van der Waals surface area contributed by atoms with Crippen LogP contribution in [0.2, 0.25) is 0 Å². The summed E-state index contributed by atoms with van der Waals surface area (Å²) in [7, 11) is 0. The third-order valence-electron chi connectivity index (χ3n) is 2.92. The zero-order valence-electron chi connectivity index (χ0n) is 9.69. The van der Waals surface area contributed by atoms with Gasteiger partial charge in [0.15, 0.2) is 5.79 Å². The Morgan fingerprint density at radius 3 is 2.69 bits per heavy atom. The third-order valence-corrected chi connectivity index (χ3v) is 2.92. The van der Waals surface area contributed by atoms with Crippen molar-refractivity contribution in [2.75, 3.05) is 13.2 Å². The lowest BCUT2D eigenvalue weighted by Crippen LogP contribution is -2.30. The first kappa shape index (κ1) is 11.6. The highest BCUT2D eigenvalue weighted by molar-refractivity contribution is 5.21. The van der Waals surface area contributed by atoms with E-state index in [9.17, 15) is 0 Å². The van der Waals surface area contributed by atoms with Gasteiger partial charge in [-0.05, 0) is 0 Å². The van der Waals surface area contributed by atoms with Crippen LogP contribution in [-0.2, 0) is 15.3 Å². The minimum Gasteiger partial charge on any atom is -0.343 e. The zero-order chi connectivity index (χ0) is 11.4. The summed E-state index contributed by atoms with van der Waals surface area (Å²) in [6.07, 6.45) is 1.91. The minimum absolute atomic E-state index is 0.0201. The fourth-order valence-corrected chi connectivity index (χ4v) is 2.13. The summed E-state index contributed by atoms with van der Waals surface area (Å²) in [5.41, 5.74) is 6.71. The van der Waals surface area contributed by atoms with E-state index in [-0.39, 0.29) is 6.10 Å². The van der Waals surface area contributed by atoms with Crippen LogP contribution in [0.4, 0.5) is 0 Å². The summed E-state index contributed by atoms with van der Waals surface area (Å²) in [4.78, 5) is 0. The van der Waals surface area contributed by atoms with E-state index in [0.717, 1.165) is 18.4 Å². The molecule has 0 amide bonds. The summed E-state index contributed by atoms with van der Waals surface area (Å²) in [6, 6.07) is 10.1. The number of benzene rings is 1. The number of nitrogens with two attached hydrogens (primary N) is 1. The molecule has 88 valence electrons. The van der Waals surface area contributed by atoms with Crippen molar-refractivity contribution in [1.29, 1.82) is 0 Å². The standard InChI is InChI=1S/C13H19NO2/c1-2-8-13(11-6-4-3-5-7-11)15-10-12(9-14)16-13/h3-7,12H,2,8-10,14H2,1H3. The number of hydrogen-bond donors (Lipinski definition) is 1. The Morgan fingerprint density at radius 1 is 1.38 bits per heavy atom. The smallest absolute Gasteiger partial charge is 0.195 e. The number of rotatable bonds is 4. The maximum Gasteiger partial charge on any atom is 0.195 e. The van der Waals surface area contributed by atoms with Gasteiger partial charge in [-0.3, -0.25) is 0 Å². The second-order valence-corrected chi connectivity index (χ2v) is 4.16. The minimum atomic E-state index is -0.569. The highest BCUT2D eigenvalue weighted by atomic mass is 16.7. The SMILES string of the molecule is CCCC1(c2ccccc2)OCC(CN)O1. The third kappa shape index (κ3) is 2.12. The second-order valence-electron chi connectivity index (χ2n) is 4.16. The molecule has 1 heterocycles. The number of hydrogen-bond acceptors (Lipinski definition) is 3. The molecule has 1 aromatic carbocycles. The highest BCUT2D eigenvalue weighted by Crippen LogP contribution is 2.37. The van der Waals surface area contributed by atoms with Gasteiger partial charge >= 0.3 is 0 Å². The van der Waals surface area contributed by atoms with Gasteiger partial charge in [-0.2, -0.15) is 0 Å². The van der Waals surface area contributed by atoms with E-state index in [4.69, 9.17) is 15.2 Å². The van der Waals surface area contributed by atoms with Gasteiger partial charge in [0.2, 0.25) is 0 Å². The van der Waals surface area contributed by atoms with Gasteiger partial charge in [0.05, 0.1) is 12.7 Å². The first-order valence-corrected chi connectivity index (χ1v) is 5.88. The van der Waals surface area contributed by atoms with Crippen molar-refractivity contribution >= 4 is 0 Å². The Labute approximate surface area is 96.5 Å². The summed E-state index contributed by atoms with van der Waals surface area (Å²) < 4.78 is 11.8. The van der Waals surface area contributed by atoms with Crippen molar-refractivity contribution in [3.63, 3.8) is 0 Å². The summed E-state index contributed by atoms with van der Waals surface area (Å²) in [5, 5.41) is 0. The molecule has 1 saturated heterocycles. The summed E-state index contributed by atoms with van der Waals surface area (Å²) >= 11 is 0. The Kier molecular flexibility index (Phi) is 3.59. The molecule has 0 saturated carbocycles. The quantitative estimate of drug-likeness (QED) is 0.846. The van der Waals surface area contributed by atoms with Crippen LogP contribution < -0.4 is 5.73 Å². The highest BCUT2D eigenvalue weighted by Gasteiger charge is 2.41. The number of ether oxygens (including phenoxy) is 2. The maximum atomic E-state index is 5.98. The molecule has 0 radical (unpaired) electrons. The molecule has 0 aliphatic carbocycles.